The van der Waals surface area contributed by atoms with Gasteiger partial charge in [0.2, 0.25) is 11.6 Å². The standard InChI is InChI=1S/C28H14N2O2/c1-30-22-10-6-19(7-11-22)21-9-13-24-26(15-21)25-14-20(8-12-23(25)27(31)28(24)32)18-4-2-17(16-29)3-5-18/h2-15H. The highest BCUT2D eigenvalue weighted by Crippen LogP contribution is 2.38. The largest absolute Gasteiger partial charge is 0.285 e. The number of benzene rings is 4. The van der Waals surface area contributed by atoms with E-state index < -0.39 is 11.6 Å². The van der Waals surface area contributed by atoms with Gasteiger partial charge in [0.1, 0.15) is 0 Å². The first-order valence-corrected chi connectivity index (χ1v) is 9.95. The minimum atomic E-state index is -0.506. The highest BCUT2D eigenvalue weighted by molar-refractivity contribution is 6.53. The Morgan fingerprint density at radius 1 is 0.594 bits per heavy atom. The molecule has 0 saturated heterocycles. The Balaban J connectivity index is 1.66. The van der Waals surface area contributed by atoms with Crippen molar-refractivity contribution >= 4 is 17.3 Å². The Kier molecular flexibility index (Phi) is 4.48. The van der Waals surface area contributed by atoms with Gasteiger partial charge in [0.15, 0.2) is 5.69 Å². The molecule has 1 aliphatic rings. The van der Waals surface area contributed by atoms with E-state index in [-0.39, 0.29) is 0 Å². The molecule has 4 aromatic rings. The molecule has 0 spiro atoms. The second kappa shape index (κ2) is 7.47. The Morgan fingerprint density at radius 3 is 1.47 bits per heavy atom. The summed E-state index contributed by atoms with van der Waals surface area (Å²) in [7, 11) is 0. The van der Waals surface area contributed by atoms with Crippen molar-refractivity contribution in [2.24, 2.45) is 0 Å². The van der Waals surface area contributed by atoms with E-state index in [1.165, 1.54) is 0 Å². The topological polar surface area (TPSA) is 62.3 Å². The summed E-state index contributed by atoms with van der Waals surface area (Å²) in [5.41, 5.74) is 6.99. The van der Waals surface area contributed by atoms with Crippen molar-refractivity contribution in [3.05, 3.63) is 113 Å². The lowest BCUT2D eigenvalue weighted by atomic mass is 9.81. The van der Waals surface area contributed by atoms with Crippen LogP contribution in [0.15, 0.2) is 84.9 Å². The molecular formula is C28H14N2O2. The predicted molar refractivity (Wildman–Crippen MR) is 122 cm³/mol. The van der Waals surface area contributed by atoms with E-state index in [1.807, 2.05) is 48.5 Å². The maximum absolute atomic E-state index is 12.7. The molecule has 0 saturated carbocycles. The molecule has 0 atom stereocenters. The van der Waals surface area contributed by atoms with Gasteiger partial charge < -0.3 is 0 Å². The first-order valence-electron chi connectivity index (χ1n) is 9.95. The molecule has 0 heterocycles. The Hall–Kier alpha value is -4.80. The van der Waals surface area contributed by atoms with Crippen molar-refractivity contribution in [3.8, 4) is 39.4 Å². The van der Waals surface area contributed by atoms with Gasteiger partial charge >= 0.3 is 0 Å². The van der Waals surface area contributed by atoms with E-state index >= 15 is 0 Å². The van der Waals surface area contributed by atoms with Crippen LogP contribution in [-0.4, -0.2) is 11.6 Å². The van der Waals surface area contributed by atoms with Gasteiger partial charge in [-0.25, -0.2) is 4.85 Å². The molecule has 0 bridgehead atoms. The van der Waals surface area contributed by atoms with Gasteiger partial charge in [0, 0.05) is 11.1 Å². The number of hydrogen-bond acceptors (Lipinski definition) is 3. The van der Waals surface area contributed by atoms with E-state index in [0.29, 0.717) is 33.5 Å². The van der Waals surface area contributed by atoms with E-state index in [2.05, 4.69) is 10.9 Å². The number of hydrogen-bond donors (Lipinski definition) is 0. The van der Waals surface area contributed by atoms with E-state index in [0.717, 1.165) is 22.3 Å². The SMILES string of the molecule is [C-]#[N+]c1ccc(-c2ccc3c(c2)-c2cc(-c4ccc(C#N)cc4)ccc2C(=O)C3=O)cc1. The van der Waals surface area contributed by atoms with Gasteiger partial charge in [0.05, 0.1) is 18.2 Å². The number of nitrogens with zero attached hydrogens (tertiary/aromatic N) is 2. The minimum Gasteiger partial charge on any atom is -0.285 e. The molecule has 0 N–H and O–H groups in total. The number of ketones is 2. The van der Waals surface area contributed by atoms with Crippen molar-refractivity contribution in [1.29, 1.82) is 5.26 Å². The molecule has 0 aromatic heterocycles. The van der Waals surface area contributed by atoms with Gasteiger partial charge in [-0.1, -0.05) is 48.5 Å². The molecule has 5 rings (SSSR count). The molecule has 0 fully saturated rings. The van der Waals surface area contributed by atoms with Gasteiger partial charge in [-0.15, -0.1) is 0 Å². The van der Waals surface area contributed by atoms with Crippen LogP contribution >= 0.6 is 0 Å². The van der Waals surface area contributed by atoms with Crippen LogP contribution < -0.4 is 0 Å². The monoisotopic (exact) mass is 410 g/mol. The maximum Gasteiger partial charge on any atom is 0.234 e. The van der Waals surface area contributed by atoms with E-state index in [9.17, 15) is 9.59 Å². The second-order valence-electron chi connectivity index (χ2n) is 7.53. The lowest BCUT2D eigenvalue weighted by molar-refractivity contribution is 0.0815. The molecule has 0 radical (unpaired) electrons. The third-order valence-electron chi connectivity index (χ3n) is 5.70. The van der Waals surface area contributed by atoms with Crippen molar-refractivity contribution in [3.63, 3.8) is 0 Å². The molecule has 4 heteroatoms. The molecule has 148 valence electrons. The van der Waals surface area contributed by atoms with Gasteiger partial charge in [0.25, 0.3) is 0 Å². The summed E-state index contributed by atoms with van der Waals surface area (Å²) in [5.74, 6) is -1.01. The molecule has 0 aliphatic heterocycles. The van der Waals surface area contributed by atoms with Crippen molar-refractivity contribution in [1.82, 2.24) is 0 Å². The fourth-order valence-electron chi connectivity index (χ4n) is 4.00. The molecule has 0 amide bonds. The summed E-state index contributed by atoms with van der Waals surface area (Å²) in [5, 5.41) is 9.04. The average molecular weight is 410 g/mol. The maximum atomic E-state index is 12.7. The second-order valence-corrected chi connectivity index (χ2v) is 7.53. The molecule has 0 unspecified atom stereocenters. The van der Waals surface area contributed by atoms with Gasteiger partial charge in [-0.05, 0) is 69.8 Å². The third kappa shape index (κ3) is 3.08. The summed E-state index contributed by atoms with van der Waals surface area (Å²) in [6.45, 7) is 7.12. The smallest absolute Gasteiger partial charge is 0.234 e. The summed E-state index contributed by atoms with van der Waals surface area (Å²) in [6, 6.07) is 27.5. The molecule has 4 nitrogen and oxygen atoms in total. The molecule has 32 heavy (non-hydrogen) atoms. The zero-order valence-corrected chi connectivity index (χ0v) is 16.8. The number of carbonyl (C=O) groups is 2. The highest BCUT2D eigenvalue weighted by atomic mass is 16.2. The van der Waals surface area contributed by atoms with Crippen molar-refractivity contribution in [2.45, 2.75) is 0 Å². The first kappa shape index (κ1) is 19.2. The lowest BCUT2D eigenvalue weighted by Crippen LogP contribution is -2.21. The zero-order chi connectivity index (χ0) is 22.2. The first-order chi connectivity index (χ1) is 15.6. The normalized spacial score (nSPS) is 11.8. The fourth-order valence-corrected chi connectivity index (χ4v) is 4.00. The zero-order valence-electron chi connectivity index (χ0n) is 16.8. The minimum absolute atomic E-state index is 0.389. The van der Waals surface area contributed by atoms with Crippen molar-refractivity contribution < 1.29 is 9.59 Å². The Bertz CT molecular complexity index is 1380. The fraction of sp³-hybridized carbons (Fsp3) is 0. The van der Waals surface area contributed by atoms with Crippen LogP contribution in [0.5, 0.6) is 0 Å². The number of carbonyl (C=O) groups excluding carboxylic acids is 2. The summed E-state index contributed by atoms with van der Waals surface area (Å²) in [4.78, 5) is 28.9. The highest BCUT2D eigenvalue weighted by Gasteiger charge is 2.30. The number of Topliss-reactive ketones (excluding diaryl/α,β-unsaturated/α-hetero) is 2. The van der Waals surface area contributed by atoms with Crippen LogP contribution in [0.25, 0.3) is 38.2 Å². The Labute approximate surface area is 184 Å². The predicted octanol–water partition coefficient (Wildman–Crippen LogP) is 6.49. The summed E-state index contributed by atoms with van der Waals surface area (Å²) in [6.07, 6.45) is 0. The van der Waals surface area contributed by atoms with Crippen LogP contribution in [0.3, 0.4) is 0 Å². The van der Waals surface area contributed by atoms with Crippen LogP contribution in [0.1, 0.15) is 26.3 Å². The van der Waals surface area contributed by atoms with Crippen molar-refractivity contribution in [2.75, 3.05) is 0 Å². The lowest BCUT2D eigenvalue weighted by Gasteiger charge is -2.20. The quantitative estimate of drug-likeness (QED) is 0.280. The van der Waals surface area contributed by atoms with Crippen LogP contribution in [-0.2, 0) is 0 Å². The van der Waals surface area contributed by atoms with E-state index in [4.69, 9.17) is 11.8 Å². The summed E-state index contributed by atoms with van der Waals surface area (Å²) < 4.78 is 0. The van der Waals surface area contributed by atoms with Crippen LogP contribution in [0, 0.1) is 17.9 Å². The molecular weight excluding hydrogens is 396 g/mol. The average Bonchev–Trinajstić information content (AvgIpc) is 2.86. The third-order valence-corrected chi connectivity index (χ3v) is 5.70. The van der Waals surface area contributed by atoms with Crippen LogP contribution in [0.4, 0.5) is 5.69 Å². The molecule has 4 aromatic carbocycles. The molecule has 1 aliphatic carbocycles. The van der Waals surface area contributed by atoms with Gasteiger partial charge in [-0.2, -0.15) is 5.26 Å². The number of fused-ring (bicyclic) bond motifs is 3. The number of rotatable bonds is 2. The number of nitriles is 1. The van der Waals surface area contributed by atoms with Crippen LogP contribution in [0.2, 0.25) is 0 Å². The van der Waals surface area contributed by atoms with E-state index in [1.54, 1.807) is 36.4 Å². The van der Waals surface area contributed by atoms with Gasteiger partial charge in [-0.3, -0.25) is 9.59 Å². The summed E-state index contributed by atoms with van der Waals surface area (Å²) >= 11 is 0. The Morgan fingerprint density at radius 2 is 1.03 bits per heavy atom.